The van der Waals surface area contributed by atoms with Gasteiger partial charge in [-0.1, -0.05) is 92.8 Å². The van der Waals surface area contributed by atoms with Gasteiger partial charge in [-0.15, -0.1) is 11.3 Å². The summed E-state index contributed by atoms with van der Waals surface area (Å²) < 4.78 is 7.21. The number of carbonyl (C=O) groups is 5. The van der Waals surface area contributed by atoms with Gasteiger partial charge in [0, 0.05) is 43.6 Å². The molecule has 4 atom stereocenters. The molecule has 18 heteroatoms. The number of rotatable bonds is 18. The topological polar surface area (TPSA) is 216 Å². The van der Waals surface area contributed by atoms with Gasteiger partial charge in [-0.2, -0.15) is 0 Å². The van der Waals surface area contributed by atoms with Gasteiger partial charge in [0.05, 0.1) is 45.1 Å². The molecule has 9 rings (SSSR count). The van der Waals surface area contributed by atoms with E-state index in [1.165, 1.54) is 16.2 Å². The van der Waals surface area contributed by atoms with E-state index in [9.17, 15) is 34.2 Å². The Morgan fingerprint density at radius 3 is 2.39 bits per heavy atom. The van der Waals surface area contributed by atoms with Crippen molar-refractivity contribution >= 4 is 73.4 Å². The van der Waals surface area contributed by atoms with E-state index in [2.05, 4.69) is 25.9 Å². The Hall–Kier alpha value is -7.54. The highest BCUT2D eigenvalue weighted by Gasteiger charge is 2.45. The lowest BCUT2D eigenvalue weighted by molar-refractivity contribution is -0.144. The smallest absolute Gasteiger partial charge is 0.355 e. The number of hydrogen-bond donors (Lipinski definition) is 5. The van der Waals surface area contributed by atoms with Crippen LogP contribution in [0, 0.1) is 19.3 Å². The van der Waals surface area contributed by atoms with Crippen molar-refractivity contribution in [3.63, 3.8) is 0 Å². The second-order valence-corrected chi connectivity index (χ2v) is 22.8. The molecular formula is C59H64N8O8S2. The fraction of sp³-hybridized carbons (Fsp3) is 0.356. The number of ether oxygens (including phenoxy) is 1. The predicted octanol–water partition coefficient (Wildman–Crippen LogP) is 9.92. The molecule has 400 valence electrons. The monoisotopic (exact) mass is 1080 g/mol. The number of aryl methyl sites for hydroxylation is 1. The Balaban J connectivity index is 0.767. The Morgan fingerprint density at radius 1 is 0.870 bits per heavy atom. The molecule has 1 fully saturated rings. The Kier molecular flexibility index (Phi) is 16.5. The zero-order valence-corrected chi connectivity index (χ0v) is 45.7. The molecule has 1 saturated heterocycles. The summed E-state index contributed by atoms with van der Waals surface area (Å²) in [6, 6.07) is 28.3. The van der Waals surface area contributed by atoms with Crippen molar-refractivity contribution in [2.75, 3.05) is 29.9 Å². The number of β-amino-alcohol motifs (C(OH)–C–C–N with tert-alkyl or cyclic N) is 1. The number of carboxylic acid groups (broad SMARTS) is 1. The highest BCUT2D eigenvalue weighted by Crippen LogP contribution is 2.36. The lowest BCUT2D eigenvalue weighted by Crippen LogP contribution is -2.57. The normalized spacial score (nSPS) is 16.1. The molecule has 77 heavy (non-hydrogen) atoms. The fourth-order valence-electron chi connectivity index (χ4n) is 10.1. The molecule has 16 nitrogen and oxygen atoms in total. The fourth-order valence-corrected chi connectivity index (χ4v) is 11.8. The lowest BCUT2D eigenvalue weighted by atomic mass is 9.85. The molecule has 0 saturated carbocycles. The van der Waals surface area contributed by atoms with Crippen LogP contribution in [0.15, 0.2) is 103 Å². The van der Waals surface area contributed by atoms with Crippen molar-refractivity contribution in [2.45, 2.75) is 111 Å². The third kappa shape index (κ3) is 12.4. The van der Waals surface area contributed by atoms with Crippen LogP contribution in [-0.2, 0) is 27.3 Å². The third-order valence-corrected chi connectivity index (χ3v) is 16.3. The summed E-state index contributed by atoms with van der Waals surface area (Å²) in [6.45, 7) is 12.6. The van der Waals surface area contributed by atoms with Crippen LogP contribution in [0.2, 0.25) is 0 Å². The molecular weight excluding hydrogens is 1010 g/mol. The number of aliphatic hydroxyl groups is 1. The number of nitrogens with zero attached hydrogens (tertiary/aromatic N) is 5. The van der Waals surface area contributed by atoms with Crippen LogP contribution in [0.4, 0.5) is 10.9 Å². The SMILES string of the molecule is Cc1ncsc1-c1ccc(C(C)NC(=O)C2CC(O)CN2C(=O)C(NC(=O)CCCCCOc2cccc(-c3ccc(N4CCc5cccc(C(=O)Nc6nc7ccccc7s6)c5C4)nc3C(=O)O)c2C)C(C)(C)C)cc1. The van der Waals surface area contributed by atoms with Gasteiger partial charge in [0.15, 0.2) is 10.8 Å². The highest BCUT2D eigenvalue weighted by atomic mass is 32.1. The van der Waals surface area contributed by atoms with Gasteiger partial charge in [-0.05, 0) is 122 Å². The lowest BCUT2D eigenvalue weighted by Gasteiger charge is -2.35. The van der Waals surface area contributed by atoms with Gasteiger partial charge in [0.2, 0.25) is 17.7 Å². The number of fused-ring (bicyclic) bond motifs is 2. The van der Waals surface area contributed by atoms with Gasteiger partial charge < -0.3 is 35.4 Å². The summed E-state index contributed by atoms with van der Waals surface area (Å²) in [5.41, 5.74) is 9.05. The van der Waals surface area contributed by atoms with Crippen molar-refractivity contribution in [1.29, 1.82) is 0 Å². The maximum atomic E-state index is 14.2. The molecule has 2 aliphatic heterocycles. The molecule has 0 bridgehead atoms. The molecule has 7 aromatic rings. The van der Waals surface area contributed by atoms with Crippen molar-refractivity contribution in [3.8, 4) is 27.3 Å². The Labute approximate surface area is 455 Å². The van der Waals surface area contributed by atoms with Gasteiger partial charge in [-0.25, -0.2) is 19.7 Å². The van der Waals surface area contributed by atoms with Crippen molar-refractivity contribution in [2.24, 2.45) is 5.41 Å². The number of nitrogens with one attached hydrogen (secondary N) is 3. The van der Waals surface area contributed by atoms with E-state index in [4.69, 9.17) is 9.72 Å². The largest absolute Gasteiger partial charge is 0.493 e. The second kappa shape index (κ2) is 23.4. The maximum Gasteiger partial charge on any atom is 0.355 e. The van der Waals surface area contributed by atoms with Gasteiger partial charge in [-0.3, -0.25) is 24.5 Å². The van der Waals surface area contributed by atoms with Crippen molar-refractivity contribution in [1.82, 2.24) is 30.5 Å². The van der Waals surface area contributed by atoms with Gasteiger partial charge in [0.1, 0.15) is 23.7 Å². The first kappa shape index (κ1) is 54.3. The number of anilines is 2. The average Bonchev–Trinajstić information content (AvgIpc) is 4.18. The number of amides is 4. The summed E-state index contributed by atoms with van der Waals surface area (Å²) in [5, 5.41) is 30.7. The molecule has 0 spiro atoms. The standard InChI is InChI=1S/C59H64N8O8S2/c1-34-41(42-25-26-49(63-51(42)57(73)74)66-28-27-38-14-12-16-43(44(38)32-66)54(70)65-58-62-45-17-9-10-19-48(45)77-58)15-13-18-47(34)75-29-11-7-8-20-50(69)64-53(59(4,5)6)56(72)67-31-40(68)30-46(67)55(71)61-35(2)37-21-23-39(24-22-37)52-36(3)60-33-76-52/h9-10,12-19,21-26,33,35,40,46,53,68H,7-8,11,20,27-32H2,1-6H3,(H,61,71)(H,64,69)(H,73,74)(H,62,65,70). The van der Waals surface area contributed by atoms with Crippen LogP contribution >= 0.6 is 22.7 Å². The van der Waals surface area contributed by atoms with Crippen molar-refractivity contribution in [3.05, 3.63) is 142 Å². The molecule has 0 aliphatic carbocycles. The molecule has 0 radical (unpaired) electrons. The van der Waals surface area contributed by atoms with E-state index in [-0.39, 0.29) is 48.8 Å². The number of likely N-dealkylation sites (tertiary alicyclic amines) is 1. The van der Waals surface area contributed by atoms with Gasteiger partial charge >= 0.3 is 5.97 Å². The highest BCUT2D eigenvalue weighted by molar-refractivity contribution is 7.22. The molecule has 3 aromatic heterocycles. The number of aromatic carboxylic acids is 1. The molecule has 5 heterocycles. The van der Waals surface area contributed by atoms with Crippen molar-refractivity contribution < 1.29 is 38.9 Å². The number of aromatic nitrogens is 3. The summed E-state index contributed by atoms with van der Waals surface area (Å²) in [4.78, 5) is 86.0. The predicted molar refractivity (Wildman–Crippen MR) is 300 cm³/mol. The Bertz CT molecular complexity index is 3300. The zero-order valence-electron chi connectivity index (χ0n) is 44.1. The number of carboxylic acids is 1. The van der Waals surface area contributed by atoms with Crippen LogP contribution in [-0.4, -0.2) is 97.5 Å². The summed E-state index contributed by atoms with van der Waals surface area (Å²) in [6.07, 6.45) is 1.86. The first-order chi connectivity index (χ1) is 36.9. The third-order valence-electron chi connectivity index (χ3n) is 14.4. The number of pyridine rings is 1. The van der Waals surface area contributed by atoms with Crippen LogP contribution < -0.4 is 25.6 Å². The minimum Gasteiger partial charge on any atom is -0.493 e. The summed E-state index contributed by atoms with van der Waals surface area (Å²) in [5.74, 6) is -1.42. The first-order valence-corrected chi connectivity index (χ1v) is 27.7. The first-order valence-electron chi connectivity index (χ1n) is 26.0. The summed E-state index contributed by atoms with van der Waals surface area (Å²) >= 11 is 2.98. The molecule has 4 amide bonds. The molecule has 4 aromatic carbocycles. The molecule has 5 N–H and O–H groups in total. The van der Waals surface area contributed by atoms with E-state index in [1.54, 1.807) is 23.5 Å². The van der Waals surface area contributed by atoms with E-state index < -0.39 is 35.5 Å². The number of thiazole rings is 2. The van der Waals surface area contributed by atoms with Crippen LogP contribution in [0.1, 0.15) is 115 Å². The zero-order chi connectivity index (χ0) is 54.5. The minimum atomic E-state index is -1.17. The quantitative estimate of drug-likeness (QED) is 0.0508. The number of benzene rings is 4. The molecule has 4 unspecified atom stereocenters. The number of para-hydroxylation sites is 1. The van der Waals surface area contributed by atoms with Gasteiger partial charge in [0.25, 0.3) is 5.91 Å². The minimum absolute atomic E-state index is 0.0180. The number of hydrogen-bond acceptors (Lipinski definition) is 13. The van der Waals surface area contributed by atoms with Crippen LogP contribution in [0.3, 0.4) is 0 Å². The molecule has 2 aliphatic rings. The number of unbranched alkanes of at least 4 members (excludes halogenated alkanes) is 2. The van der Waals surface area contributed by atoms with E-state index in [0.29, 0.717) is 78.8 Å². The number of aliphatic hydroxyl groups excluding tert-OH is 1. The van der Waals surface area contributed by atoms with Crippen LogP contribution in [0.25, 0.3) is 31.8 Å². The van der Waals surface area contributed by atoms with Crippen LogP contribution in [0.5, 0.6) is 5.75 Å². The average molecular weight is 1080 g/mol. The maximum absolute atomic E-state index is 14.2. The number of carbonyl (C=O) groups excluding carboxylic acids is 4. The van der Waals surface area contributed by atoms with E-state index in [0.717, 1.165) is 48.6 Å². The summed E-state index contributed by atoms with van der Waals surface area (Å²) in [7, 11) is 0. The van der Waals surface area contributed by atoms with E-state index in [1.807, 2.05) is 137 Å². The van der Waals surface area contributed by atoms with E-state index >= 15 is 0 Å². The second-order valence-electron chi connectivity index (χ2n) is 20.9. The Morgan fingerprint density at radius 2 is 1.65 bits per heavy atom.